The van der Waals surface area contributed by atoms with Crippen LogP contribution in [0.5, 0.6) is 0 Å². The van der Waals surface area contributed by atoms with Crippen molar-refractivity contribution in [2.24, 2.45) is 0 Å². The Morgan fingerprint density at radius 1 is 0.966 bits per heavy atom. The van der Waals surface area contributed by atoms with Gasteiger partial charge in [0.05, 0.1) is 6.54 Å². The normalized spacial score (nSPS) is 10.8. The van der Waals surface area contributed by atoms with Gasteiger partial charge < -0.3 is 10.6 Å². The van der Waals surface area contributed by atoms with E-state index in [0.29, 0.717) is 21.6 Å². The molecule has 0 aliphatic rings. The highest BCUT2D eigenvalue weighted by Crippen LogP contribution is 2.29. The van der Waals surface area contributed by atoms with Gasteiger partial charge in [0.15, 0.2) is 5.13 Å². The molecule has 29 heavy (non-hydrogen) atoms. The first-order chi connectivity index (χ1) is 14.1. The standard InChI is InChI=1S/C22H17Cl2N3OS/c23-18-8-4-9-19(24)17(18)11-15-12-26-22(29-15)27-21(28)13-25-20-10-3-6-14-5-1-2-7-16(14)20/h1-10,12,25H,11,13H2,(H,26,27,28). The minimum Gasteiger partial charge on any atom is -0.376 e. The highest BCUT2D eigenvalue weighted by atomic mass is 35.5. The lowest BCUT2D eigenvalue weighted by Gasteiger charge is -2.09. The maximum atomic E-state index is 12.3. The highest BCUT2D eigenvalue weighted by Gasteiger charge is 2.11. The second-order valence-electron chi connectivity index (χ2n) is 6.44. The van der Waals surface area contributed by atoms with Crippen LogP contribution in [0.4, 0.5) is 10.8 Å². The number of thiazole rings is 1. The van der Waals surface area contributed by atoms with E-state index in [1.54, 1.807) is 6.20 Å². The predicted molar refractivity (Wildman–Crippen MR) is 122 cm³/mol. The van der Waals surface area contributed by atoms with E-state index in [1.165, 1.54) is 11.3 Å². The molecule has 0 spiro atoms. The number of anilines is 2. The average molecular weight is 442 g/mol. The number of amides is 1. The van der Waals surface area contributed by atoms with Crippen LogP contribution in [-0.4, -0.2) is 17.4 Å². The average Bonchev–Trinajstić information content (AvgIpc) is 3.16. The van der Waals surface area contributed by atoms with Crippen molar-refractivity contribution >= 4 is 62.0 Å². The molecular weight excluding hydrogens is 425 g/mol. The summed E-state index contributed by atoms with van der Waals surface area (Å²) in [6, 6.07) is 19.5. The van der Waals surface area contributed by atoms with Gasteiger partial charge in [-0.25, -0.2) is 4.98 Å². The third-order valence-corrected chi connectivity index (χ3v) is 6.06. The Hall–Kier alpha value is -2.60. The van der Waals surface area contributed by atoms with Crippen molar-refractivity contribution in [2.75, 3.05) is 17.2 Å². The summed E-state index contributed by atoms with van der Waals surface area (Å²) in [6.45, 7) is 0.152. The van der Waals surface area contributed by atoms with Crippen LogP contribution in [0, 0.1) is 0 Å². The molecule has 146 valence electrons. The Bertz CT molecular complexity index is 1150. The van der Waals surface area contributed by atoms with Gasteiger partial charge in [-0.15, -0.1) is 11.3 Å². The zero-order valence-electron chi connectivity index (χ0n) is 15.3. The molecule has 4 rings (SSSR count). The lowest BCUT2D eigenvalue weighted by Crippen LogP contribution is -2.21. The topological polar surface area (TPSA) is 54.0 Å². The van der Waals surface area contributed by atoms with Crippen molar-refractivity contribution in [3.05, 3.63) is 87.3 Å². The summed E-state index contributed by atoms with van der Waals surface area (Å²) < 4.78 is 0. The van der Waals surface area contributed by atoms with Gasteiger partial charge in [-0.05, 0) is 29.1 Å². The maximum Gasteiger partial charge on any atom is 0.245 e. The van der Waals surface area contributed by atoms with Crippen molar-refractivity contribution in [3.63, 3.8) is 0 Å². The van der Waals surface area contributed by atoms with E-state index in [9.17, 15) is 4.79 Å². The summed E-state index contributed by atoms with van der Waals surface area (Å²) in [7, 11) is 0. The first kappa shape index (κ1) is 19.7. The largest absolute Gasteiger partial charge is 0.376 e. The Balaban J connectivity index is 1.38. The van der Waals surface area contributed by atoms with E-state index in [-0.39, 0.29) is 12.5 Å². The molecule has 0 saturated heterocycles. The Morgan fingerprint density at radius 3 is 2.52 bits per heavy atom. The number of rotatable bonds is 6. The van der Waals surface area contributed by atoms with E-state index in [2.05, 4.69) is 15.6 Å². The van der Waals surface area contributed by atoms with Crippen LogP contribution in [-0.2, 0) is 11.2 Å². The van der Waals surface area contributed by atoms with Crippen LogP contribution in [0.3, 0.4) is 0 Å². The SMILES string of the molecule is O=C(CNc1cccc2ccccc12)Nc1ncc(Cc2c(Cl)cccc2Cl)s1. The first-order valence-corrected chi connectivity index (χ1v) is 10.6. The summed E-state index contributed by atoms with van der Waals surface area (Å²) in [5.41, 5.74) is 1.78. The number of fused-ring (bicyclic) bond motifs is 1. The van der Waals surface area contributed by atoms with Gasteiger partial charge in [-0.2, -0.15) is 0 Å². The van der Waals surface area contributed by atoms with Crippen molar-refractivity contribution in [2.45, 2.75) is 6.42 Å². The molecule has 0 saturated carbocycles. The number of nitrogens with zero attached hydrogens (tertiary/aromatic N) is 1. The molecule has 0 aliphatic heterocycles. The molecule has 1 aromatic heterocycles. The van der Waals surface area contributed by atoms with E-state index in [1.807, 2.05) is 60.7 Å². The molecule has 0 aliphatic carbocycles. The van der Waals surface area contributed by atoms with Gasteiger partial charge in [-0.1, -0.05) is 65.7 Å². The lowest BCUT2D eigenvalue weighted by molar-refractivity contribution is -0.114. The van der Waals surface area contributed by atoms with Crippen LogP contribution < -0.4 is 10.6 Å². The lowest BCUT2D eigenvalue weighted by atomic mass is 10.1. The Morgan fingerprint density at radius 2 is 1.69 bits per heavy atom. The first-order valence-electron chi connectivity index (χ1n) is 8.99. The summed E-state index contributed by atoms with van der Waals surface area (Å²) in [5.74, 6) is -0.158. The van der Waals surface area contributed by atoms with E-state index >= 15 is 0 Å². The number of carbonyl (C=O) groups is 1. The number of halogens is 2. The summed E-state index contributed by atoms with van der Waals surface area (Å²) in [6.07, 6.45) is 2.30. The fourth-order valence-electron chi connectivity index (χ4n) is 3.04. The molecule has 0 bridgehead atoms. The Labute approximate surface area is 182 Å². The van der Waals surface area contributed by atoms with Gasteiger partial charge in [0, 0.05) is 38.6 Å². The van der Waals surface area contributed by atoms with Crippen molar-refractivity contribution in [1.29, 1.82) is 0 Å². The summed E-state index contributed by atoms with van der Waals surface area (Å²) in [4.78, 5) is 17.6. The van der Waals surface area contributed by atoms with Crippen molar-refractivity contribution < 1.29 is 4.79 Å². The number of carbonyl (C=O) groups excluding carboxylic acids is 1. The molecule has 1 heterocycles. The van der Waals surface area contributed by atoms with Gasteiger partial charge in [-0.3, -0.25) is 4.79 Å². The molecule has 4 nitrogen and oxygen atoms in total. The number of nitrogens with one attached hydrogen (secondary N) is 2. The zero-order chi connectivity index (χ0) is 20.2. The molecule has 3 aromatic carbocycles. The molecule has 7 heteroatoms. The molecule has 0 atom stereocenters. The van der Waals surface area contributed by atoms with Crippen LogP contribution in [0.2, 0.25) is 10.0 Å². The smallest absolute Gasteiger partial charge is 0.245 e. The quantitative estimate of drug-likeness (QED) is 0.371. The number of benzene rings is 3. The fourth-order valence-corrected chi connectivity index (χ4v) is 4.41. The van der Waals surface area contributed by atoms with Crippen molar-refractivity contribution in [1.82, 2.24) is 4.98 Å². The number of hydrogen-bond acceptors (Lipinski definition) is 4. The molecule has 0 fully saturated rings. The molecule has 1 amide bonds. The number of aromatic nitrogens is 1. The molecular formula is C22H17Cl2N3OS. The molecule has 2 N–H and O–H groups in total. The van der Waals surface area contributed by atoms with E-state index in [0.717, 1.165) is 26.9 Å². The third-order valence-electron chi connectivity index (χ3n) is 4.44. The second-order valence-corrected chi connectivity index (χ2v) is 8.37. The maximum absolute atomic E-state index is 12.3. The van der Waals surface area contributed by atoms with Gasteiger partial charge >= 0.3 is 0 Å². The minimum atomic E-state index is -0.158. The third kappa shape index (κ3) is 4.70. The van der Waals surface area contributed by atoms with Crippen LogP contribution in [0.15, 0.2) is 66.9 Å². The fraction of sp³-hybridized carbons (Fsp3) is 0.0909. The molecule has 0 radical (unpaired) electrons. The minimum absolute atomic E-state index is 0.152. The predicted octanol–water partition coefficient (Wildman–Crippen LogP) is 6.24. The van der Waals surface area contributed by atoms with Crippen LogP contribution >= 0.6 is 34.5 Å². The van der Waals surface area contributed by atoms with Crippen LogP contribution in [0.1, 0.15) is 10.4 Å². The van der Waals surface area contributed by atoms with Gasteiger partial charge in [0.1, 0.15) is 0 Å². The van der Waals surface area contributed by atoms with Crippen LogP contribution in [0.25, 0.3) is 10.8 Å². The van der Waals surface area contributed by atoms with Gasteiger partial charge in [0.2, 0.25) is 5.91 Å². The zero-order valence-corrected chi connectivity index (χ0v) is 17.6. The number of hydrogen-bond donors (Lipinski definition) is 2. The summed E-state index contributed by atoms with van der Waals surface area (Å²) >= 11 is 13.9. The summed E-state index contributed by atoms with van der Waals surface area (Å²) in [5, 5.41) is 10.0. The van der Waals surface area contributed by atoms with Gasteiger partial charge in [0.25, 0.3) is 0 Å². The van der Waals surface area contributed by atoms with Crippen molar-refractivity contribution in [3.8, 4) is 0 Å². The molecule has 4 aromatic rings. The highest BCUT2D eigenvalue weighted by molar-refractivity contribution is 7.15. The monoisotopic (exact) mass is 441 g/mol. The second kappa shape index (κ2) is 8.82. The van der Waals surface area contributed by atoms with E-state index in [4.69, 9.17) is 23.2 Å². The molecule has 0 unspecified atom stereocenters. The van der Waals surface area contributed by atoms with E-state index < -0.39 is 0 Å². The Kier molecular flexibility index (Phi) is 6.00.